The van der Waals surface area contributed by atoms with Crippen molar-refractivity contribution in [3.63, 3.8) is 0 Å². The van der Waals surface area contributed by atoms with Crippen molar-refractivity contribution in [3.05, 3.63) is 72.2 Å². The predicted molar refractivity (Wildman–Crippen MR) is 89.9 cm³/mol. The van der Waals surface area contributed by atoms with Gasteiger partial charge in [-0.15, -0.1) is 5.10 Å². The zero-order chi connectivity index (χ0) is 15.9. The molecule has 0 aliphatic rings. The average Bonchev–Trinajstić information content (AvgIpc) is 2.62. The van der Waals surface area contributed by atoms with Crippen molar-refractivity contribution >= 4 is 11.8 Å². The van der Waals surface area contributed by atoms with Crippen molar-refractivity contribution in [1.29, 1.82) is 0 Å². The quantitative estimate of drug-likeness (QED) is 0.755. The third-order valence-electron chi connectivity index (χ3n) is 3.33. The number of rotatable bonds is 6. The second kappa shape index (κ2) is 7.31. The molecule has 2 heterocycles. The monoisotopic (exact) mass is 306 g/mol. The fourth-order valence-corrected chi connectivity index (χ4v) is 2.15. The first-order valence-corrected chi connectivity index (χ1v) is 7.40. The third kappa shape index (κ3) is 4.23. The molecule has 0 fully saturated rings. The van der Waals surface area contributed by atoms with E-state index in [-0.39, 0.29) is 0 Å². The van der Waals surface area contributed by atoms with E-state index in [1.807, 2.05) is 48.3 Å². The Morgan fingerprint density at radius 2 is 1.87 bits per heavy atom. The normalized spacial score (nSPS) is 10.3. The molecule has 116 valence electrons. The SMILES string of the molecule is CN(Cc1ccccc1)c1nncc(NCc2ccccn2)n1. The Bertz CT molecular complexity index is 732. The molecular formula is C17H18N6. The molecule has 1 N–H and O–H groups in total. The van der Waals surface area contributed by atoms with E-state index in [2.05, 4.69) is 37.6 Å². The molecule has 0 aliphatic carbocycles. The largest absolute Gasteiger partial charge is 0.363 e. The van der Waals surface area contributed by atoms with E-state index < -0.39 is 0 Å². The molecular weight excluding hydrogens is 288 g/mol. The van der Waals surface area contributed by atoms with Crippen molar-refractivity contribution < 1.29 is 0 Å². The highest BCUT2D eigenvalue weighted by Crippen LogP contribution is 2.12. The molecule has 3 rings (SSSR count). The Balaban J connectivity index is 1.64. The van der Waals surface area contributed by atoms with Crippen LogP contribution in [0, 0.1) is 0 Å². The maximum Gasteiger partial charge on any atom is 0.247 e. The minimum Gasteiger partial charge on any atom is -0.363 e. The molecule has 0 spiro atoms. The average molecular weight is 306 g/mol. The lowest BCUT2D eigenvalue weighted by Crippen LogP contribution is -2.20. The first-order chi connectivity index (χ1) is 11.3. The van der Waals surface area contributed by atoms with E-state index in [0.717, 1.165) is 12.2 Å². The molecule has 0 atom stereocenters. The zero-order valence-electron chi connectivity index (χ0n) is 12.9. The number of anilines is 2. The lowest BCUT2D eigenvalue weighted by atomic mass is 10.2. The van der Waals surface area contributed by atoms with Gasteiger partial charge in [0, 0.05) is 19.8 Å². The molecule has 2 aromatic heterocycles. The van der Waals surface area contributed by atoms with Crippen molar-refractivity contribution in [2.75, 3.05) is 17.3 Å². The first kappa shape index (κ1) is 14.9. The Hall–Kier alpha value is -3.02. The summed E-state index contributed by atoms with van der Waals surface area (Å²) in [6, 6.07) is 16.0. The van der Waals surface area contributed by atoms with Gasteiger partial charge in [-0.05, 0) is 17.7 Å². The van der Waals surface area contributed by atoms with Gasteiger partial charge in [0.1, 0.15) is 0 Å². The van der Waals surface area contributed by atoms with Crippen LogP contribution in [0.4, 0.5) is 11.8 Å². The van der Waals surface area contributed by atoms with Crippen LogP contribution in [0.1, 0.15) is 11.3 Å². The van der Waals surface area contributed by atoms with E-state index in [1.165, 1.54) is 5.56 Å². The van der Waals surface area contributed by atoms with Gasteiger partial charge in [-0.3, -0.25) is 4.98 Å². The fourth-order valence-electron chi connectivity index (χ4n) is 2.15. The van der Waals surface area contributed by atoms with Crippen LogP contribution >= 0.6 is 0 Å². The molecule has 0 amide bonds. The standard InChI is InChI=1S/C17H18N6/c1-23(13-14-7-3-2-4-8-14)17-21-16(12-20-22-17)19-11-15-9-5-6-10-18-15/h2-10,12H,11,13H2,1H3,(H,19,21,22). The van der Waals surface area contributed by atoms with Crippen molar-refractivity contribution in [1.82, 2.24) is 20.2 Å². The lowest BCUT2D eigenvalue weighted by Gasteiger charge is -2.17. The summed E-state index contributed by atoms with van der Waals surface area (Å²) >= 11 is 0. The fraction of sp³-hybridized carbons (Fsp3) is 0.176. The van der Waals surface area contributed by atoms with E-state index >= 15 is 0 Å². The summed E-state index contributed by atoms with van der Waals surface area (Å²) in [7, 11) is 1.95. The molecule has 0 aliphatic heterocycles. The molecule has 0 saturated heterocycles. The highest BCUT2D eigenvalue weighted by molar-refractivity contribution is 5.39. The topological polar surface area (TPSA) is 66.8 Å². The van der Waals surface area contributed by atoms with Crippen LogP contribution in [-0.4, -0.2) is 27.2 Å². The number of benzene rings is 1. The minimum absolute atomic E-state index is 0.583. The summed E-state index contributed by atoms with van der Waals surface area (Å²) < 4.78 is 0. The van der Waals surface area contributed by atoms with Gasteiger partial charge in [-0.25, -0.2) is 0 Å². The van der Waals surface area contributed by atoms with E-state index in [1.54, 1.807) is 12.4 Å². The molecule has 1 aromatic carbocycles. The Kier molecular flexibility index (Phi) is 4.73. The zero-order valence-corrected chi connectivity index (χ0v) is 12.9. The van der Waals surface area contributed by atoms with Gasteiger partial charge in [0.15, 0.2) is 5.82 Å². The summed E-state index contributed by atoms with van der Waals surface area (Å²) in [6.45, 7) is 1.33. The summed E-state index contributed by atoms with van der Waals surface area (Å²) in [6.07, 6.45) is 3.39. The number of hydrogen-bond acceptors (Lipinski definition) is 6. The van der Waals surface area contributed by atoms with E-state index in [4.69, 9.17) is 0 Å². The second-order valence-corrected chi connectivity index (χ2v) is 5.16. The molecule has 0 unspecified atom stereocenters. The van der Waals surface area contributed by atoms with Gasteiger partial charge in [0.05, 0.1) is 18.4 Å². The van der Waals surface area contributed by atoms with E-state index in [9.17, 15) is 0 Å². The first-order valence-electron chi connectivity index (χ1n) is 7.40. The maximum atomic E-state index is 4.50. The molecule has 0 saturated carbocycles. The highest BCUT2D eigenvalue weighted by atomic mass is 15.3. The van der Waals surface area contributed by atoms with Gasteiger partial charge in [0.2, 0.25) is 5.95 Å². The van der Waals surface area contributed by atoms with Crippen LogP contribution in [-0.2, 0) is 13.1 Å². The second-order valence-electron chi connectivity index (χ2n) is 5.16. The van der Waals surface area contributed by atoms with Crippen molar-refractivity contribution in [2.24, 2.45) is 0 Å². The number of pyridine rings is 1. The van der Waals surface area contributed by atoms with Gasteiger partial charge in [0.25, 0.3) is 0 Å². The van der Waals surface area contributed by atoms with Crippen LogP contribution in [0.3, 0.4) is 0 Å². The predicted octanol–water partition coefficient (Wildman–Crippen LogP) is 2.52. The molecule has 23 heavy (non-hydrogen) atoms. The van der Waals surface area contributed by atoms with Crippen LogP contribution < -0.4 is 10.2 Å². The van der Waals surface area contributed by atoms with Crippen LogP contribution in [0.5, 0.6) is 0 Å². The molecule has 6 nitrogen and oxygen atoms in total. The molecule has 6 heteroatoms. The van der Waals surface area contributed by atoms with Crippen LogP contribution in [0.15, 0.2) is 60.9 Å². The summed E-state index contributed by atoms with van der Waals surface area (Å²) in [5.41, 5.74) is 2.15. The van der Waals surface area contributed by atoms with Crippen molar-refractivity contribution in [3.8, 4) is 0 Å². The molecule has 0 radical (unpaired) electrons. The van der Waals surface area contributed by atoms with Crippen molar-refractivity contribution in [2.45, 2.75) is 13.1 Å². The maximum absolute atomic E-state index is 4.50. The lowest BCUT2D eigenvalue weighted by molar-refractivity contribution is 0.827. The smallest absolute Gasteiger partial charge is 0.247 e. The third-order valence-corrected chi connectivity index (χ3v) is 3.33. The number of aromatic nitrogens is 4. The summed E-state index contributed by atoms with van der Waals surface area (Å²) in [4.78, 5) is 10.7. The Labute approximate surface area is 135 Å². The summed E-state index contributed by atoms with van der Waals surface area (Å²) in [5, 5.41) is 11.3. The highest BCUT2D eigenvalue weighted by Gasteiger charge is 2.07. The van der Waals surface area contributed by atoms with Gasteiger partial charge in [-0.1, -0.05) is 36.4 Å². The van der Waals surface area contributed by atoms with Crippen LogP contribution in [0.2, 0.25) is 0 Å². The number of hydrogen-bond donors (Lipinski definition) is 1. The molecule has 0 bridgehead atoms. The minimum atomic E-state index is 0.583. The number of nitrogens with zero attached hydrogens (tertiary/aromatic N) is 5. The number of nitrogens with one attached hydrogen (secondary N) is 1. The van der Waals surface area contributed by atoms with E-state index in [0.29, 0.717) is 18.3 Å². The van der Waals surface area contributed by atoms with Crippen LogP contribution in [0.25, 0.3) is 0 Å². The summed E-state index contributed by atoms with van der Waals surface area (Å²) in [5.74, 6) is 1.26. The Morgan fingerprint density at radius 1 is 1.04 bits per heavy atom. The van der Waals surface area contributed by atoms with Gasteiger partial charge >= 0.3 is 0 Å². The Morgan fingerprint density at radius 3 is 2.65 bits per heavy atom. The van der Waals surface area contributed by atoms with Gasteiger partial charge < -0.3 is 10.2 Å². The molecule has 3 aromatic rings. The van der Waals surface area contributed by atoms with Gasteiger partial charge in [-0.2, -0.15) is 10.1 Å².